The summed E-state index contributed by atoms with van der Waals surface area (Å²) in [5.41, 5.74) is 0.807. The van der Waals surface area contributed by atoms with E-state index in [-0.39, 0.29) is 0 Å². The van der Waals surface area contributed by atoms with E-state index in [1.807, 2.05) is 36.4 Å². The Morgan fingerprint density at radius 3 is 2.14 bits per heavy atom. The van der Waals surface area contributed by atoms with Gasteiger partial charge in [-0.25, -0.2) is 0 Å². The minimum absolute atomic E-state index is 0.656. The van der Waals surface area contributed by atoms with Gasteiger partial charge in [-0.1, -0.05) is 48.5 Å². The first-order valence-corrected chi connectivity index (χ1v) is 6.74. The quantitative estimate of drug-likeness (QED) is 0.604. The molecule has 3 aromatic carbocycles. The van der Waals surface area contributed by atoms with Crippen LogP contribution < -0.4 is 4.74 Å². The van der Waals surface area contributed by atoms with Gasteiger partial charge in [-0.15, -0.1) is 0 Å². The molecule has 0 bridgehead atoms. The summed E-state index contributed by atoms with van der Waals surface area (Å²) < 4.78 is 43.4. The fourth-order valence-corrected chi connectivity index (χ4v) is 2.53. The van der Waals surface area contributed by atoms with E-state index in [9.17, 15) is 13.2 Å². The number of hydrogen-bond donors (Lipinski definition) is 0. The minimum Gasteiger partial charge on any atom is -0.495 e. The molecule has 0 fully saturated rings. The molecule has 0 N–H and O–H groups in total. The van der Waals surface area contributed by atoms with Crippen LogP contribution in [0, 0.1) is 0 Å². The molecule has 0 atom stereocenters. The standard InChI is InChI=1S/C18H13F3O/c1-22-17-15-5-3-2-4-12(15)8-11-16(17)13-6-9-14(10-7-13)18(19,20)21/h2-11H,1H3. The number of alkyl halides is 3. The van der Waals surface area contributed by atoms with Crippen molar-refractivity contribution in [3.8, 4) is 16.9 Å². The molecule has 0 saturated carbocycles. The largest absolute Gasteiger partial charge is 0.495 e. The molecule has 0 aromatic heterocycles. The summed E-state index contributed by atoms with van der Waals surface area (Å²) in [7, 11) is 1.56. The molecule has 0 saturated heterocycles. The zero-order valence-electron chi connectivity index (χ0n) is 11.8. The lowest BCUT2D eigenvalue weighted by Gasteiger charge is -2.13. The normalized spacial score (nSPS) is 11.6. The minimum atomic E-state index is -4.33. The Bertz CT molecular complexity index is 805. The zero-order chi connectivity index (χ0) is 15.7. The smallest absolute Gasteiger partial charge is 0.416 e. The Kier molecular flexibility index (Phi) is 3.53. The lowest BCUT2D eigenvalue weighted by atomic mass is 9.98. The van der Waals surface area contributed by atoms with Gasteiger partial charge in [0, 0.05) is 10.9 Å². The lowest BCUT2D eigenvalue weighted by molar-refractivity contribution is -0.137. The Morgan fingerprint density at radius 1 is 0.818 bits per heavy atom. The van der Waals surface area contributed by atoms with Crippen LogP contribution in [0.4, 0.5) is 13.2 Å². The molecule has 1 nitrogen and oxygen atoms in total. The van der Waals surface area contributed by atoms with E-state index in [0.29, 0.717) is 11.3 Å². The summed E-state index contributed by atoms with van der Waals surface area (Å²) in [4.78, 5) is 0. The number of ether oxygens (including phenoxy) is 1. The molecule has 4 heteroatoms. The van der Waals surface area contributed by atoms with Crippen molar-refractivity contribution in [2.75, 3.05) is 7.11 Å². The number of fused-ring (bicyclic) bond motifs is 1. The van der Waals surface area contributed by atoms with Crippen molar-refractivity contribution >= 4 is 10.8 Å². The maximum Gasteiger partial charge on any atom is 0.416 e. The molecule has 0 aliphatic rings. The van der Waals surface area contributed by atoms with Gasteiger partial charge in [0.25, 0.3) is 0 Å². The van der Waals surface area contributed by atoms with Crippen molar-refractivity contribution < 1.29 is 17.9 Å². The molecule has 3 aromatic rings. The average Bonchev–Trinajstić information content (AvgIpc) is 2.53. The first-order valence-electron chi connectivity index (χ1n) is 6.74. The van der Waals surface area contributed by atoms with Crippen molar-refractivity contribution in [3.63, 3.8) is 0 Å². The maximum absolute atomic E-state index is 12.7. The average molecular weight is 302 g/mol. The third kappa shape index (κ3) is 2.52. The van der Waals surface area contributed by atoms with E-state index in [4.69, 9.17) is 4.74 Å². The van der Waals surface area contributed by atoms with Crippen LogP contribution >= 0.6 is 0 Å². The number of rotatable bonds is 2. The third-order valence-electron chi connectivity index (χ3n) is 3.61. The fourth-order valence-electron chi connectivity index (χ4n) is 2.53. The first-order chi connectivity index (χ1) is 10.5. The van der Waals surface area contributed by atoms with E-state index in [1.165, 1.54) is 12.1 Å². The SMILES string of the molecule is COc1c(-c2ccc(C(F)(F)F)cc2)ccc2ccccc12. The van der Waals surface area contributed by atoms with Crippen molar-refractivity contribution in [1.29, 1.82) is 0 Å². The van der Waals surface area contributed by atoms with Gasteiger partial charge < -0.3 is 4.74 Å². The maximum atomic E-state index is 12.7. The van der Waals surface area contributed by atoms with Gasteiger partial charge in [0.1, 0.15) is 5.75 Å². The van der Waals surface area contributed by atoms with Crippen molar-refractivity contribution in [3.05, 3.63) is 66.2 Å². The molecule has 3 rings (SSSR count). The highest BCUT2D eigenvalue weighted by Gasteiger charge is 2.30. The van der Waals surface area contributed by atoms with Crippen LogP contribution in [0.15, 0.2) is 60.7 Å². The molecular weight excluding hydrogens is 289 g/mol. The van der Waals surface area contributed by atoms with Gasteiger partial charge in [-0.05, 0) is 23.1 Å². The van der Waals surface area contributed by atoms with Crippen molar-refractivity contribution in [2.45, 2.75) is 6.18 Å². The van der Waals surface area contributed by atoms with Crippen molar-refractivity contribution in [2.24, 2.45) is 0 Å². The van der Waals surface area contributed by atoms with Crippen LogP contribution in [0.2, 0.25) is 0 Å². The molecule has 0 heterocycles. The molecule has 0 radical (unpaired) electrons. The van der Waals surface area contributed by atoms with Crippen LogP contribution in [-0.4, -0.2) is 7.11 Å². The molecule has 112 valence electrons. The van der Waals surface area contributed by atoms with E-state index in [2.05, 4.69) is 0 Å². The number of halogens is 3. The van der Waals surface area contributed by atoms with E-state index in [0.717, 1.165) is 28.5 Å². The van der Waals surface area contributed by atoms with Gasteiger partial charge in [0.2, 0.25) is 0 Å². The Hall–Kier alpha value is -2.49. The summed E-state index contributed by atoms with van der Waals surface area (Å²) in [6, 6.07) is 16.6. The summed E-state index contributed by atoms with van der Waals surface area (Å²) in [5, 5.41) is 1.96. The molecule has 0 aliphatic carbocycles. The summed E-state index contributed by atoms with van der Waals surface area (Å²) in [6.45, 7) is 0. The summed E-state index contributed by atoms with van der Waals surface area (Å²) in [5.74, 6) is 0.665. The van der Waals surface area contributed by atoms with E-state index < -0.39 is 11.7 Å². The highest BCUT2D eigenvalue weighted by molar-refractivity contribution is 5.95. The van der Waals surface area contributed by atoms with Crippen LogP contribution in [0.1, 0.15) is 5.56 Å². The van der Waals surface area contributed by atoms with Gasteiger partial charge in [0.15, 0.2) is 0 Å². The molecule has 0 aliphatic heterocycles. The molecular formula is C18H13F3O. The van der Waals surface area contributed by atoms with Crippen LogP contribution in [0.25, 0.3) is 21.9 Å². The highest BCUT2D eigenvalue weighted by Crippen LogP contribution is 2.38. The second-order valence-corrected chi connectivity index (χ2v) is 4.94. The Labute approximate surface area is 126 Å². The monoisotopic (exact) mass is 302 g/mol. The van der Waals surface area contributed by atoms with Gasteiger partial charge in [-0.3, -0.25) is 0 Å². The second kappa shape index (κ2) is 5.37. The van der Waals surface area contributed by atoms with E-state index >= 15 is 0 Å². The molecule has 0 spiro atoms. The predicted molar refractivity (Wildman–Crippen MR) is 80.9 cm³/mol. The third-order valence-corrected chi connectivity index (χ3v) is 3.61. The topological polar surface area (TPSA) is 9.23 Å². The zero-order valence-corrected chi connectivity index (χ0v) is 11.8. The van der Waals surface area contributed by atoms with E-state index in [1.54, 1.807) is 7.11 Å². The second-order valence-electron chi connectivity index (χ2n) is 4.94. The Morgan fingerprint density at radius 2 is 1.50 bits per heavy atom. The fraction of sp³-hybridized carbons (Fsp3) is 0.111. The van der Waals surface area contributed by atoms with Gasteiger partial charge in [-0.2, -0.15) is 13.2 Å². The summed E-state index contributed by atoms with van der Waals surface area (Å²) >= 11 is 0. The van der Waals surface area contributed by atoms with Crippen LogP contribution in [-0.2, 0) is 6.18 Å². The summed E-state index contributed by atoms with van der Waals surface area (Å²) in [6.07, 6.45) is -4.33. The van der Waals surface area contributed by atoms with Gasteiger partial charge in [0.05, 0.1) is 12.7 Å². The number of methoxy groups -OCH3 is 1. The van der Waals surface area contributed by atoms with Crippen molar-refractivity contribution in [1.82, 2.24) is 0 Å². The predicted octanol–water partition coefficient (Wildman–Crippen LogP) is 5.53. The number of hydrogen-bond acceptors (Lipinski definition) is 1. The first kappa shape index (κ1) is 14.4. The number of benzene rings is 3. The highest BCUT2D eigenvalue weighted by atomic mass is 19.4. The van der Waals surface area contributed by atoms with Crippen LogP contribution in [0.3, 0.4) is 0 Å². The molecule has 0 unspecified atom stereocenters. The molecule has 22 heavy (non-hydrogen) atoms. The Balaban J connectivity index is 2.14. The van der Waals surface area contributed by atoms with Crippen LogP contribution in [0.5, 0.6) is 5.75 Å². The molecule has 0 amide bonds. The van der Waals surface area contributed by atoms with Gasteiger partial charge >= 0.3 is 6.18 Å². The lowest BCUT2D eigenvalue weighted by Crippen LogP contribution is -2.04.